The van der Waals surface area contributed by atoms with Gasteiger partial charge < -0.3 is 9.47 Å². The smallest absolute Gasteiger partial charge is 0.331 e. The molecule has 104 valence electrons. The predicted molar refractivity (Wildman–Crippen MR) is 77.1 cm³/mol. The van der Waals surface area contributed by atoms with Crippen LogP contribution in [0, 0.1) is 0 Å². The van der Waals surface area contributed by atoms with Crippen LogP contribution >= 0.6 is 23.5 Å². The van der Waals surface area contributed by atoms with Gasteiger partial charge in [0.25, 0.3) is 0 Å². The van der Waals surface area contributed by atoms with Crippen molar-refractivity contribution in [3.63, 3.8) is 0 Å². The molecule has 18 heavy (non-hydrogen) atoms. The highest BCUT2D eigenvalue weighted by Gasteiger charge is 2.00. The van der Waals surface area contributed by atoms with Crippen LogP contribution < -0.4 is 0 Å². The minimum Gasteiger partial charge on any atom is -0.462 e. The van der Waals surface area contributed by atoms with E-state index in [4.69, 9.17) is 9.47 Å². The van der Waals surface area contributed by atoms with Crippen LogP contribution in [0.2, 0.25) is 0 Å². The zero-order valence-corrected chi connectivity index (χ0v) is 12.5. The second-order valence-electron chi connectivity index (χ2n) is 3.06. The molecule has 0 amide bonds. The van der Waals surface area contributed by atoms with Gasteiger partial charge in [-0.25, -0.2) is 9.59 Å². The molecule has 0 atom stereocenters. The Bertz CT molecular complexity index is 241. The van der Waals surface area contributed by atoms with Crippen molar-refractivity contribution in [3.05, 3.63) is 12.2 Å². The number of carbonyl (C=O) groups excluding carboxylic acids is 2. The molecule has 0 unspecified atom stereocenters. The third-order valence-corrected chi connectivity index (χ3v) is 3.43. The Hall–Kier alpha value is -0.620. The summed E-state index contributed by atoms with van der Waals surface area (Å²) < 4.78 is 9.76. The quantitative estimate of drug-likeness (QED) is 0.349. The average Bonchev–Trinajstić information content (AvgIpc) is 2.37. The third-order valence-electron chi connectivity index (χ3n) is 1.71. The lowest BCUT2D eigenvalue weighted by Gasteiger charge is -2.01. The first-order chi connectivity index (χ1) is 8.70. The summed E-state index contributed by atoms with van der Waals surface area (Å²) in [6.07, 6.45) is 2.21. The van der Waals surface area contributed by atoms with Gasteiger partial charge in [-0.15, -0.1) is 0 Å². The molecule has 0 aliphatic heterocycles. The minimum atomic E-state index is -0.508. The maximum atomic E-state index is 11.2. The number of hydrogen-bond donors (Lipinski definition) is 0. The van der Waals surface area contributed by atoms with Crippen molar-refractivity contribution >= 4 is 35.5 Å². The van der Waals surface area contributed by atoms with Crippen LogP contribution in [0.1, 0.15) is 13.8 Å². The lowest BCUT2D eigenvalue weighted by Crippen LogP contribution is -2.07. The van der Waals surface area contributed by atoms with Gasteiger partial charge in [-0.05, 0) is 11.5 Å². The molecular weight excluding hydrogens is 272 g/mol. The van der Waals surface area contributed by atoms with Crippen molar-refractivity contribution in [3.8, 4) is 0 Å². The highest BCUT2D eigenvalue weighted by atomic mass is 32.2. The molecule has 0 aliphatic rings. The van der Waals surface area contributed by atoms with Crippen molar-refractivity contribution in [1.29, 1.82) is 0 Å². The largest absolute Gasteiger partial charge is 0.462 e. The monoisotopic (exact) mass is 292 g/mol. The Morgan fingerprint density at radius 2 is 1.28 bits per heavy atom. The summed E-state index contributed by atoms with van der Waals surface area (Å²) in [4.78, 5) is 22.3. The van der Waals surface area contributed by atoms with Crippen molar-refractivity contribution in [2.45, 2.75) is 13.8 Å². The summed E-state index contributed by atoms with van der Waals surface area (Å²) in [5.74, 6) is 2.52. The van der Waals surface area contributed by atoms with E-state index in [9.17, 15) is 9.59 Å². The zero-order valence-electron chi connectivity index (χ0n) is 10.8. The topological polar surface area (TPSA) is 52.6 Å². The van der Waals surface area contributed by atoms with Crippen LogP contribution in [-0.2, 0) is 19.1 Å². The summed E-state index contributed by atoms with van der Waals surface area (Å²) in [5.41, 5.74) is 0. The van der Waals surface area contributed by atoms with Gasteiger partial charge in [0.15, 0.2) is 0 Å². The van der Waals surface area contributed by atoms with Crippen LogP contribution in [0.3, 0.4) is 0 Å². The van der Waals surface area contributed by atoms with Crippen LogP contribution in [0.15, 0.2) is 12.2 Å². The molecule has 0 aromatic rings. The van der Waals surface area contributed by atoms with Crippen LogP contribution in [0.4, 0.5) is 0 Å². The van der Waals surface area contributed by atoms with Crippen LogP contribution in [0.5, 0.6) is 0 Å². The lowest BCUT2D eigenvalue weighted by molar-refractivity contribution is -0.139. The number of thioether (sulfide) groups is 2. The Labute approximate surface area is 117 Å². The summed E-state index contributed by atoms with van der Waals surface area (Å²) in [6, 6.07) is 0. The summed E-state index contributed by atoms with van der Waals surface area (Å²) in [7, 11) is 0. The average molecular weight is 292 g/mol. The Morgan fingerprint density at radius 3 is 1.61 bits per heavy atom. The Balaban J connectivity index is 3.58. The molecule has 0 heterocycles. The number of rotatable bonds is 10. The molecule has 0 saturated heterocycles. The van der Waals surface area contributed by atoms with E-state index >= 15 is 0 Å². The fourth-order valence-electron chi connectivity index (χ4n) is 0.923. The lowest BCUT2D eigenvalue weighted by atomic mass is 10.5. The molecule has 4 nitrogen and oxygen atoms in total. The highest BCUT2D eigenvalue weighted by Crippen LogP contribution is 1.98. The molecule has 0 aliphatic carbocycles. The second kappa shape index (κ2) is 12.8. The van der Waals surface area contributed by atoms with Gasteiger partial charge in [0.2, 0.25) is 0 Å². The first-order valence-corrected chi connectivity index (χ1v) is 8.18. The maximum Gasteiger partial charge on any atom is 0.331 e. The summed E-state index contributed by atoms with van der Waals surface area (Å²) >= 11 is 3.39. The summed E-state index contributed by atoms with van der Waals surface area (Å²) in [5, 5.41) is 0. The van der Waals surface area contributed by atoms with E-state index in [0.29, 0.717) is 13.2 Å². The van der Waals surface area contributed by atoms with Gasteiger partial charge in [-0.1, -0.05) is 13.8 Å². The molecule has 0 spiro atoms. The molecular formula is C12H20O4S2. The first-order valence-electron chi connectivity index (χ1n) is 5.87. The standard InChI is InChI=1S/C12H20O4S2/c1-3-17-9-7-15-11(13)5-6-12(14)16-8-10-18-4-2/h5-6H,3-4,7-10H2,1-2H3/b6-5-. The SMILES string of the molecule is CCSCCOC(=O)/C=C\C(=O)OCCSCC. The van der Waals surface area contributed by atoms with Gasteiger partial charge in [0.1, 0.15) is 13.2 Å². The number of ether oxygens (including phenoxy) is 2. The van der Waals surface area contributed by atoms with Gasteiger partial charge in [-0.2, -0.15) is 23.5 Å². The van der Waals surface area contributed by atoms with Crippen LogP contribution in [-0.4, -0.2) is 48.2 Å². The minimum absolute atomic E-state index is 0.365. The van der Waals surface area contributed by atoms with Gasteiger partial charge in [0.05, 0.1) is 0 Å². The number of carbonyl (C=O) groups is 2. The molecule has 0 aromatic carbocycles. The predicted octanol–water partition coefficient (Wildman–Crippen LogP) is 2.14. The molecule has 0 fully saturated rings. The van der Waals surface area contributed by atoms with Gasteiger partial charge in [0, 0.05) is 23.7 Å². The Morgan fingerprint density at radius 1 is 0.889 bits per heavy atom. The molecule has 0 saturated carbocycles. The van der Waals surface area contributed by atoms with E-state index in [2.05, 4.69) is 0 Å². The van der Waals surface area contributed by atoms with E-state index in [0.717, 1.165) is 35.2 Å². The normalized spacial score (nSPS) is 10.6. The summed E-state index contributed by atoms with van der Waals surface area (Å²) in [6.45, 7) is 4.81. The van der Waals surface area contributed by atoms with Gasteiger partial charge in [-0.3, -0.25) is 0 Å². The molecule has 6 heteroatoms. The third kappa shape index (κ3) is 11.9. The molecule has 0 rings (SSSR count). The van der Waals surface area contributed by atoms with Gasteiger partial charge >= 0.3 is 11.9 Å². The van der Waals surface area contributed by atoms with E-state index in [1.54, 1.807) is 23.5 Å². The zero-order chi connectivity index (χ0) is 13.6. The van der Waals surface area contributed by atoms with E-state index in [1.807, 2.05) is 13.8 Å². The van der Waals surface area contributed by atoms with Crippen molar-refractivity contribution in [2.75, 3.05) is 36.2 Å². The molecule has 0 N–H and O–H groups in total. The number of esters is 2. The van der Waals surface area contributed by atoms with Crippen LogP contribution in [0.25, 0.3) is 0 Å². The number of hydrogen-bond acceptors (Lipinski definition) is 6. The molecule has 0 radical (unpaired) electrons. The fraction of sp³-hybridized carbons (Fsp3) is 0.667. The van der Waals surface area contributed by atoms with Crippen molar-refractivity contribution in [2.24, 2.45) is 0 Å². The highest BCUT2D eigenvalue weighted by molar-refractivity contribution is 7.99. The van der Waals surface area contributed by atoms with Crippen molar-refractivity contribution < 1.29 is 19.1 Å². The fourth-order valence-corrected chi connectivity index (χ4v) is 1.90. The second-order valence-corrected chi connectivity index (χ2v) is 5.85. The van der Waals surface area contributed by atoms with E-state index in [-0.39, 0.29) is 0 Å². The maximum absolute atomic E-state index is 11.2. The Kier molecular flexibility index (Phi) is 12.4. The molecule has 0 bridgehead atoms. The van der Waals surface area contributed by atoms with E-state index < -0.39 is 11.9 Å². The molecule has 0 aromatic heterocycles. The van der Waals surface area contributed by atoms with Crippen molar-refractivity contribution in [1.82, 2.24) is 0 Å². The van der Waals surface area contributed by atoms with E-state index in [1.165, 1.54) is 0 Å². The first kappa shape index (κ1) is 17.4.